The molecule has 30 heavy (non-hydrogen) atoms. The van der Waals surface area contributed by atoms with Crippen LogP contribution in [0.4, 0.5) is 11.5 Å². The molecule has 0 aliphatic carbocycles. The summed E-state index contributed by atoms with van der Waals surface area (Å²) in [7, 11) is 0. The quantitative estimate of drug-likeness (QED) is 0.497. The average molecular weight is 399 g/mol. The molecule has 4 aromatic rings. The minimum absolute atomic E-state index is 0.0733. The van der Waals surface area contributed by atoms with E-state index in [0.29, 0.717) is 28.4 Å². The molecule has 0 saturated carbocycles. The molecule has 6 heteroatoms. The van der Waals surface area contributed by atoms with Crippen molar-refractivity contribution in [2.75, 3.05) is 5.32 Å². The third-order valence-corrected chi connectivity index (χ3v) is 4.68. The Morgan fingerprint density at radius 1 is 1.07 bits per heavy atom. The maximum atomic E-state index is 13.0. The van der Waals surface area contributed by atoms with Crippen molar-refractivity contribution >= 4 is 28.4 Å². The Hall–Kier alpha value is -3.93. The molecule has 4 rings (SSSR count). The SMILES string of the molecule is CC(C)c1ccc(N=c2oc3cc(O)ccc3cc2C(=O)Nc2ccccn2)cc1. The summed E-state index contributed by atoms with van der Waals surface area (Å²) in [6.07, 6.45) is 1.60. The molecule has 0 aliphatic heterocycles. The van der Waals surface area contributed by atoms with Gasteiger partial charge in [0.05, 0.1) is 5.69 Å². The molecule has 2 aromatic heterocycles. The van der Waals surface area contributed by atoms with Crippen LogP contribution in [-0.4, -0.2) is 16.0 Å². The topological polar surface area (TPSA) is 87.7 Å². The van der Waals surface area contributed by atoms with Crippen LogP contribution in [0.25, 0.3) is 11.0 Å². The first-order valence-corrected chi connectivity index (χ1v) is 9.63. The standard InChI is InChI=1S/C24H21N3O3/c1-15(2)16-6-9-18(10-7-16)26-24-20(23(29)27-22-5-3-4-12-25-22)13-17-8-11-19(28)14-21(17)30-24/h3-15,28H,1-2H3,(H,25,27,29). The van der Waals surface area contributed by atoms with Gasteiger partial charge in [-0.05, 0) is 53.9 Å². The number of phenolic OH excluding ortho intramolecular Hbond substituents is 1. The van der Waals surface area contributed by atoms with E-state index < -0.39 is 0 Å². The monoisotopic (exact) mass is 399 g/mol. The Bertz CT molecular complexity index is 1260. The van der Waals surface area contributed by atoms with E-state index in [2.05, 4.69) is 29.1 Å². The van der Waals surface area contributed by atoms with E-state index in [9.17, 15) is 9.90 Å². The van der Waals surface area contributed by atoms with E-state index in [0.717, 1.165) is 0 Å². The molecule has 0 bridgehead atoms. The number of carbonyl (C=O) groups excluding carboxylic acids is 1. The molecule has 0 radical (unpaired) electrons. The number of benzene rings is 2. The number of hydrogen-bond donors (Lipinski definition) is 2. The van der Waals surface area contributed by atoms with Crippen LogP contribution < -0.4 is 10.9 Å². The Morgan fingerprint density at radius 3 is 2.57 bits per heavy atom. The van der Waals surface area contributed by atoms with Crippen molar-refractivity contribution in [2.24, 2.45) is 4.99 Å². The van der Waals surface area contributed by atoms with Gasteiger partial charge < -0.3 is 14.8 Å². The van der Waals surface area contributed by atoms with E-state index in [1.54, 1.807) is 42.6 Å². The van der Waals surface area contributed by atoms with Crippen LogP contribution in [-0.2, 0) is 0 Å². The molecule has 2 N–H and O–H groups in total. The summed E-state index contributed by atoms with van der Waals surface area (Å²) < 4.78 is 5.91. The summed E-state index contributed by atoms with van der Waals surface area (Å²) in [5.74, 6) is 0.529. The molecule has 0 aliphatic rings. The van der Waals surface area contributed by atoms with Crippen LogP contribution in [0.3, 0.4) is 0 Å². The molecular formula is C24H21N3O3. The Balaban J connectivity index is 1.83. The third kappa shape index (κ3) is 4.22. The summed E-state index contributed by atoms with van der Waals surface area (Å²) in [5.41, 5.74) is 2.71. The number of pyridine rings is 1. The van der Waals surface area contributed by atoms with Crippen LogP contribution in [0.15, 0.2) is 82.3 Å². The number of nitrogens with zero attached hydrogens (tertiary/aromatic N) is 2. The molecule has 150 valence electrons. The van der Waals surface area contributed by atoms with E-state index in [-0.39, 0.29) is 22.8 Å². The second-order valence-electron chi connectivity index (χ2n) is 7.21. The second kappa shape index (κ2) is 8.21. The van der Waals surface area contributed by atoms with Crippen molar-refractivity contribution in [1.29, 1.82) is 0 Å². The molecule has 6 nitrogen and oxygen atoms in total. The molecule has 0 fully saturated rings. The minimum Gasteiger partial charge on any atom is -0.508 e. The van der Waals surface area contributed by atoms with Gasteiger partial charge in [-0.25, -0.2) is 9.98 Å². The summed E-state index contributed by atoms with van der Waals surface area (Å²) in [4.78, 5) is 21.6. The van der Waals surface area contributed by atoms with Gasteiger partial charge in [-0.3, -0.25) is 4.79 Å². The van der Waals surface area contributed by atoms with Gasteiger partial charge in [0, 0.05) is 17.6 Å². The van der Waals surface area contributed by atoms with Crippen LogP contribution in [0.5, 0.6) is 5.75 Å². The van der Waals surface area contributed by atoms with Crippen molar-refractivity contribution in [3.05, 3.63) is 89.6 Å². The highest BCUT2D eigenvalue weighted by molar-refractivity contribution is 6.05. The number of aromatic nitrogens is 1. The summed E-state index contributed by atoms with van der Waals surface area (Å²) in [6, 6.07) is 19.5. The lowest BCUT2D eigenvalue weighted by Crippen LogP contribution is -2.22. The fourth-order valence-corrected chi connectivity index (χ4v) is 3.02. The van der Waals surface area contributed by atoms with Crippen molar-refractivity contribution < 1.29 is 14.3 Å². The number of fused-ring (bicyclic) bond motifs is 1. The number of anilines is 1. The first-order chi connectivity index (χ1) is 14.5. The molecule has 1 amide bonds. The third-order valence-electron chi connectivity index (χ3n) is 4.68. The Labute approximate surface area is 173 Å². The van der Waals surface area contributed by atoms with Gasteiger partial charge in [0.2, 0.25) is 5.55 Å². The van der Waals surface area contributed by atoms with Crippen molar-refractivity contribution in [3.63, 3.8) is 0 Å². The lowest BCUT2D eigenvalue weighted by Gasteiger charge is -2.07. The van der Waals surface area contributed by atoms with Crippen LogP contribution in [0, 0.1) is 0 Å². The number of nitrogens with one attached hydrogen (secondary N) is 1. The number of aromatic hydroxyl groups is 1. The zero-order valence-corrected chi connectivity index (χ0v) is 16.7. The van der Waals surface area contributed by atoms with E-state index >= 15 is 0 Å². The maximum absolute atomic E-state index is 13.0. The minimum atomic E-state index is -0.384. The fourth-order valence-electron chi connectivity index (χ4n) is 3.02. The highest BCUT2D eigenvalue weighted by atomic mass is 16.3. The van der Waals surface area contributed by atoms with Gasteiger partial charge >= 0.3 is 0 Å². The lowest BCUT2D eigenvalue weighted by atomic mass is 10.0. The molecule has 0 atom stereocenters. The fraction of sp³-hybridized carbons (Fsp3) is 0.125. The zero-order valence-electron chi connectivity index (χ0n) is 16.7. The number of phenols is 1. The Morgan fingerprint density at radius 2 is 1.87 bits per heavy atom. The van der Waals surface area contributed by atoms with Crippen molar-refractivity contribution in [2.45, 2.75) is 19.8 Å². The highest BCUT2D eigenvalue weighted by Gasteiger charge is 2.14. The lowest BCUT2D eigenvalue weighted by molar-refractivity contribution is 0.102. The number of hydrogen-bond acceptors (Lipinski definition) is 5. The van der Waals surface area contributed by atoms with Crippen molar-refractivity contribution in [3.8, 4) is 5.75 Å². The first-order valence-electron chi connectivity index (χ1n) is 9.63. The smallest absolute Gasteiger partial charge is 0.262 e. The first kappa shape index (κ1) is 19.4. The number of amides is 1. The number of rotatable bonds is 4. The molecule has 2 aromatic carbocycles. The second-order valence-corrected chi connectivity index (χ2v) is 7.21. The summed E-state index contributed by atoms with van der Waals surface area (Å²) in [6.45, 7) is 4.24. The maximum Gasteiger partial charge on any atom is 0.262 e. The van der Waals surface area contributed by atoms with E-state index in [1.807, 2.05) is 24.3 Å². The largest absolute Gasteiger partial charge is 0.508 e. The summed E-state index contributed by atoms with van der Waals surface area (Å²) >= 11 is 0. The van der Waals surface area contributed by atoms with Gasteiger partial charge in [0.1, 0.15) is 22.7 Å². The predicted molar refractivity (Wildman–Crippen MR) is 116 cm³/mol. The van der Waals surface area contributed by atoms with Gasteiger partial charge in [-0.2, -0.15) is 0 Å². The van der Waals surface area contributed by atoms with Crippen LogP contribution >= 0.6 is 0 Å². The molecule has 0 saturated heterocycles. The molecule has 0 spiro atoms. The number of carbonyl (C=O) groups is 1. The predicted octanol–water partition coefficient (Wildman–Crippen LogP) is 5.14. The van der Waals surface area contributed by atoms with Gasteiger partial charge in [0.15, 0.2) is 0 Å². The highest BCUT2D eigenvalue weighted by Crippen LogP contribution is 2.22. The zero-order chi connectivity index (χ0) is 21.1. The van der Waals surface area contributed by atoms with Gasteiger partial charge in [-0.1, -0.05) is 32.0 Å². The van der Waals surface area contributed by atoms with Crippen molar-refractivity contribution in [1.82, 2.24) is 4.98 Å². The van der Waals surface area contributed by atoms with Gasteiger partial charge in [-0.15, -0.1) is 0 Å². The molecular weight excluding hydrogens is 378 g/mol. The van der Waals surface area contributed by atoms with Crippen LogP contribution in [0.2, 0.25) is 0 Å². The molecule has 2 heterocycles. The van der Waals surface area contributed by atoms with E-state index in [1.165, 1.54) is 11.6 Å². The molecule has 0 unspecified atom stereocenters. The van der Waals surface area contributed by atoms with Crippen LogP contribution in [0.1, 0.15) is 35.7 Å². The normalized spacial score (nSPS) is 11.8. The van der Waals surface area contributed by atoms with E-state index in [4.69, 9.17) is 4.42 Å². The average Bonchev–Trinajstić information content (AvgIpc) is 2.74. The summed E-state index contributed by atoms with van der Waals surface area (Å²) in [5, 5.41) is 13.2. The Kier molecular flexibility index (Phi) is 5.30. The van der Waals surface area contributed by atoms with Gasteiger partial charge in [0.25, 0.3) is 5.91 Å².